The van der Waals surface area contributed by atoms with Gasteiger partial charge in [-0.2, -0.15) is 0 Å². The molecule has 2 heterocycles. The number of fused-ring (bicyclic) bond motifs is 1. The molecule has 4 nitrogen and oxygen atoms in total. The number of imidazole rings is 1. The fraction of sp³-hybridized carbons (Fsp3) is 0.533. The molecule has 1 saturated carbocycles. The van der Waals surface area contributed by atoms with E-state index in [1.807, 2.05) is 6.07 Å². The second-order valence-electron chi connectivity index (χ2n) is 5.46. The van der Waals surface area contributed by atoms with Gasteiger partial charge in [0, 0.05) is 31.9 Å². The molecular weight excluding hydrogens is 236 g/mol. The summed E-state index contributed by atoms with van der Waals surface area (Å²) >= 11 is 0. The number of pyridine rings is 1. The van der Waals surface area contributed by atoms with E-state index in [0.717, 1.165) is 37.0 Å². The smallest absolute Gasteiger partial charge is 0.137 e. The predicted molar refractivity (Wildman–Crippen MR) is 77.3 cm³/mol. The first-order valence-electron chi connectivity index (χ1n) is 7.09. The van der Waals surface area contributed by atoms with Crippen LogP contribution in [0.15, 0.2) is 24.4 Å². The van der Waals surface area contributed by atoms with Crippen LogP contribution in [-0.4, -0.2) is 40.5 Å². The van der Waals surface area contributed by atoms with Crippen LogP contribution in [0.2, 0.25) is 0 Å². The van der Waals surface area contributed by atoms with Crippen LogP contribution in [0, 0.1) is 6.92 Å². The van der Waals surface area contributed by atoms with Crippen molar-refractivity contribution in [1.29, 1.82) is 0 Å². The van der Waals surface area contributed by atoms with Crippen molar-refractivity contribution in [1.82, 2.24) is 19.6 Å². The maximum Gasteiger partial charge on any atom is 0.137 e. The molecule has 0 bridgehead atoms. The van der Waals surface area contributed by atoms with E-state index in [1.54, 1.807) is 0 Å². The molecule has 0 unspecified atom stereocenters. The molecule has 1 aliphatic carbocycles. The van der Waals surface area contributed by atoms with Crippen molar-refractivity contribution in [3.63, 3.8) is 0 Å². The molecule has 3 rings (SSSR count). The summed E-state index contributed by atoms with van der Waals surface area (Å²) in [4.78, 5) is 7.03. The Morgan fingerprint density at radius 3 is 3.05 bits per heavy atom. The predicted octanol–water partition coefficient (Wildman–Crippen LogP) is 1.83. The molecule has 0 atom stereocenters. The zero-order valence-electron chi connectivity index (χ0n) is 11.8. The first kappa shape index (κ1) is 12.6. The summed E-state index contributed by atoms with van der Waals surface area (Å²) in [5, 5.41) is 3.53. The topological polar surface area (TPSA) is 32.6 Å². The molecule has 0 spiro atoms. The molecule has 1 aliphatic rings. The van der Waals surface area contributed by atoms with Gasteiger partial charge in [-0.25, -0.2) is 4.98 Å². The summed E-state index contributed by atoms with van der Waals surface area (Å²) in [6.45, 7) is 5.13. The van der Waals surface area contributed by atoms with Crippen LogP contribution in [0.5, 0.6) is 0 Å². The lowest BCUT2D eigenvalue weighted by atomic mass is 10.3. The summed E-state index contributed by atoms with van der Waals surface area (Å²) in [7, 11) is 2.22. The van der Waals surface area contributed by atoms with Crippen molar-refractivity contribution >= 4 is 5.65 Å². The van der Waals surface area contributed by atoms with E-state index in [4.69, 9.17) is 0 Å². The summed E-state index contributed by atoms with van der Waals surface area (Å²) in [6.07, 6.45) is 4.84. The Bertz CT molecular complexity index is 556. The highest BCUT2D eigenvalue weighted by Crippen LogP contribution is 2.24. The fourth-order valence-corrected chi connectivity index (χ4v) is 2.54. The van der Waals surface area contributed by atoms with Gasteiger partial charge in [0.15, 0.2) is 0 Å². The van der Waals surface area contributed by atoms with E-state index in [1.165, 1.54) is 18.5 Å². The van der Waals surface area contributed by atoms with Crippen molar-refractivity contribution < 1.29 is 0 Å². The quantitative estimate of drug-likeness (QED) is 0.802. The average Bonchev–Trinajstić information content (AvgIpc) is 3.20. The number of nitrogens with zero attached hydrogens (tertiary/aromatic N) is 3. The molecule has 0 saturated heterocycles. The summed E-state index contributed by atoms with van der Waals surface area (Å²) in [5.74, 6) is 0. The summed E-state index contributed by atoms with van der Waals surface area (Å²) in [6, 6.07) is 6.98. The number of hydrogen-bond acceptors (Lipinski definition) is 3. The molecule has 2 aromatic heterocycles. The molecule has 4 heteroatoms. The van der Waals surface area contributed by atoms with E-state index in [2.05, 4.69) is 51.9 Å². The summed E-state index contributed by atoms with van der Waals surface area (Å²) in [5.41, 5.74) is 3.42. The maximum absolute atomic E-state index is 4.58. The minimum atomic E-state index is 0.847. The van der Waals surface area contributed by atoms with Gasteiger partial charge in [0.1, 0.15) is 5.65 Å². The number of nitrogens with one attached hydrogen (secondary N) is 1. The third-order valence-electron chi connectivity index (χ3n) is 3.93. The lowest BCUT2D eigenvalue weighted by Crippen LogP contribution is -2.30. The minimum Gasteiger partial charge on any atom is -0.310 e. The fourth-order valence-electron chi connectivity index (χ4n) is 2.54. The molecule has 0 radical (unpaired) electrons. The second-order valence-corrected chi connectivity index (χ2v) is 5.46. The van der Waals surface area contributed by atoms with E-state index < -0.39 is 0 Å². The van der Waals surface area contributed by atoms with Crippen molar-refractivity contribution in [3.05, 3.63) is 35.8 Å². The van der Waals surface area contributed by atoms with Crippen molar-refractivity contribution in [2.75, 3.05) is 20.1 Å². The highest BCUT2D eigenvalue weighted by atomic mass is 15.2. The Labute approximate surface area is 114 Å². The van der Waals surface area contributed by atoms with Crippen LogP contribution < -0.4 is 5.32 Å². The Balaban J connectivity index is 1.57. The van der Waals surface area contributed by atoms with Gasteiger partial charge in [0.25, 0.3) is 0 Å². The van der Waals surface area contributed by atoms with Gasteiger partial charge in [-0.15, -0.1) is 0 Å². The van der Waals surface area contributed by atoms with E-state index in [-0.39, 0.29) is 0 Å². The molecule has 0 amide bonds. The molecule has 2 aromatic rings. The number of rotatable bonds is 6. The van der Waals surface area contributed by atoms with Gasteiger partial charge in [-0.1, -0.05) is 6.07 Å². The minimum absolute atomic E-state index is 0.847. The van der Waals surface area contributed by atoms with Crippen LogP contribution in [0.3, 0.4) is 0 Å². The Hall–Kier alpha value is -1.39. The van der Waals surface area contributed by atoms with Crippen LogP contribution in [0.1, 0.15) is 24.2 Å². The van der Waals surface area contributed by atoms with Crippen LogP contribution >= 0.6 is 0 Å². The van der Waals surface area contributed by atoms with Crippen molar-refractivity contribution in [2.24, 2.45) is 0 Å². The Morgan fingerprint density at radius 2 is 2.26 bits per heavy atom. The van der Waals surface area contributed by atoms with Crippen molar-refractivity contribution in [3.8, 4) is 0 Å². The SMILES string of the molecule is Cc1nc2ccccn2c1CNCCN(C)C1CC1. The first-order chi connectivity index (χ1) is 9.25. The van der Waals surface area contributed by atoms with Crippen molar-refractivity contribution in [2.45, 2.75) is 32.4 Å². The van der Waals surface area contributed by atoms with Gasteiger partial charge in [0.05, 0.1) is 11.4 Å². The van der Waals surface area contributed by atoms with E-state index in [9.17, 15) is 0 Å². The zero-order valence-corrected chi connectivity index (χ0v) is 11.8. The Morgan fingerprint density at radius 1 is 1.42 bits per heavy atom. The average molecular weight is 258 g/mol. The lowest BCUT2D eigenvalue weighted by Gasteiger charge is -2.15. The maximum atomic E-state index is 4.58. The van der Waals surface area contributed by atoms with Gasteiger partial charge >= 0.3 is 0 Å². The van der Waals surface area contributed by atoms with Gasteiger partial charge < -0.3 is 14.6 Å². The lowest BCUT2D eigenvalue weighted by molar-refractivity contribution is 0.321. The molecule has 0 aliphatic heterocycles. The van der Waals surface area contributed by atoms with E-state index in [0.29, 0.717) is 0 Å². The van der Waals surface area contributed by atoms with Gasteiger partial charge in [0.2, 0.25) is 0 Å². The molecular formula is C15H22N4. The first-order valence-corrected chi connectivity index (χ1v) is 7.09. The normalized spacial score (nSPS) is 15.5. The number of aryl methyl sites for hydroxylation is 1. The zero-order chi connectivity index (χ0) is 13.2. The number of hydrogen-bond donors (Lipinski definition) is 1. The van der Waals surface area contributed by atoms with E-state index >= 15 is 0 Å². The van der Waals surface area contributed by atoms with Crippen LogP contribution in [-0.2, 0) is 6.54 Å². The standard InChI is InChI=1S/C15H22N4/c1-12-14(19-9-4-3-5-15(19)17-12)11-16-8-10-18(2)13-6-7-13/h3-5,9,13,16H,6-8,10-11H2,1-2H3. The molecule has 1 N–H and O–H groups in total. The number of aromatic nitrogens is 2. The third-order valence-corrected chi connectivity index (χ3v) is 3.93. The van der Waals surface area contributed by atoms with Crippen LogP contribution in [0.4, 0.5) is 0 Å². The monoisotopic (exact) mass is 258 g/mol. The second kappa shape index (κ2) is 5.31. The third kappa shape index (κ3) is 2.80. The van der Waals surface area contributed by atoms with Gasteiger partial charge in [-0.05, 0) is 38.9 Å². The molecule has 102 valence electrons. The highest BCUT2D eigenvalue weighted by Gasteiger charge is 2.25. The van der Waals surface area contributed by atoms with Crippen LogP contribution in [0.25, 0.3) is 5.65 Å². The largest absolute Gasteiger partial charge is 0.310 e. The molecule has 19 heavy (non-hydrogen) atoms. The van der Waals surface area contributed by atoms with Gasteiger partial charge in [-0.3, -0.25) is 0 Å². The molecule has 0 aromatic carbocycles. The highest BCUT2D eigenvalue weighted by molar-refractivity contribution is 5.42. The number of likely N-dealkylation sites (N-methyl/N-ethyl adjacent to an activating group) is 1. The summed E-state index contributed by atoms with van der Waals surface area (Å²) < 4.78 is 2.17. The Kier molecular flexibility index (Phi) is 3.53. The molecule has 1 fully saturated rings.